The van der Waals surface area contributed by atoms with Crippen molar-refractivity contribution < 1.29 is 23.1 Å². The van der Waals surface area contributed by atoms with Gasteiger partial charge in [-0.15, -0.1) is 0 Å². The van der Waals surface area contributed by atoms with E-state index in [2.05, 4.69) is 11.3 Å². The number of benzene rings is 2. The van der Waals surface area contributed by atoms with Gasteiger partial charge in [-0.2, -0.15) is 0 Å². The lowest BCUT2D eigenvalue weighted by Gasteiger charge is -2.21. The van der Waals surface area contributed by atoms with Gasteiger partial charge < -0.3 is 9.84 Å². The van der Waals surface area contributed by atoms with Crippen LogP contribution < -0.4 is 4.72 Å². The number of hydrogen-bond donors (Lipinski definition) is 2. The van der Waals surface area contributed by atoms with Crippen LogP contribution in [0.5, 0.6) is 0 Å². The van der Waals surface area contributed by atoms with E-state index in [9.17, 15) is 18.3 Å². The van der Waals surface area contributed by atoms with Crippen molar-refractivity contribution >= 4 is 32.5 Å². The van der Waals surface area contributed by atoms with Crippen LogP contribution in [-0.4, -0.2) is 26.1 Å². The Morgan fingerprint density at radius 1 is 1.26 bits per heavy atom. The van der Waals surface area contributed by atoms with Crippen LogP contribution in [-0.2, 0) is 19.6 Å². The van der Waals surface area contributed by atoms with Crippen molar-refractivity contribution in [3.63, 3.8) is 0 Å². The molecule has 3 rings (SSSR count). The van der Waals surface area contributed by atoms with Crippen LogP contribution in [0.4, 0.5) is 0 Å². The molecule has 0 atom stereocenters. The number of hydrogen-bond acceptors (Lipinski definition) is 5. The Labute approximate surface area is 132 Å². The Balaban J connectivity index is 2.25. The second-order valence-corrected chi connectivity index (χ2v) is 6.50. The van der Waals surface area contributed by atoms with Crippen LogP contribution >= 0.6 is 0 Å². The van der Waals surface area contributed by atoms with E-state index in [4.69, 9.17) is 4.74 Å². The first kappa shape index (κ1) is 15.1. The van der Waals surface area contributed by atoms with E-state index in [1.807, 2.05) is 0 Å². The van der Waals surface area contributed by atoms with Gasteiger partial charge in [0.2, 0.25) is 0 Å². The third-order valence-corrected chi connectivity index (χ3v) is 4.86. The molecule has 0 amide bonds. The lowest BCUT2D eigenvalue weighted by atomic mass is 10.0. The quantitative estimate of drug-likeness (QED) is 0.663. The third-order valence-electron chi connectivity index (χ3n) is 3.41. The molecule has 118 valence electrons. The molecule has 1 aliphatic rings. The predicted molar refractivity (Wildman–Crippen MR) is 85.0 cm³/mol. The Kier molecular flexibility index (Phi) is 3.57. The van der Waals surface area contributed by atoms with Crippen molar-refractivity contribution in [2.45, 2.75) is 4.90 Å². The average molecular weight is 331 g/mol. The zero-order valence-electron chi connectivity index (χ0n) is 11.9. The summed E-state index contributed by atoms with van der Waals surface area (Å²) < 4.78 is 32.0. The number of nitrogens with one attached hydrogen (secondary N) is 1. The molecule has 0 saturated carbocycles. The predicted octanol–water partition coefficient (Wildman–Crippen LogP) is 2.09. The molecule has 6 nitrogen and oxygen atoms in total. The molecule has 0 saturated heterocycles. The highest BCUT2D eigenvalue weighted by molar-refractivity contribution is 7.90. The van der Waals surface area contributed by atoms with Gasteiger partial charge in [0.15, 0.2) is 11.5 Å². The molecule has 1 heterocycles. The first-order chi connectivity index (χ1) is 11.0. The molecule has 0 aromatic heterocycles. The molecular formula is C16H13NO5S. The summed E-state index contributed by atoms with van der Waals surface area (Å²) in [7, 11) is -4.02. The minimum Gasteiger partial charge on any atom is -0.505 e. The molecule has 0 radical (unpaired) electrons. The monoisotopic (exact) mass is 331 g/mol. The first-order valence-electron chi connectivity index (χ1n) is 6.72. The molecule has 23 heavy (non-hydrogen) atoms. The lowest BCUT2D eigenvalue weighted by molar-refractivity contribution is -0.138. The van der Waals surface area contributed by atoms with Crippen LogP contribution in [0.2, 0.25) is 0 Å². The molecule has 7 heteroatoms. The molecule has 2 aromatic rings. The van der Waals surface area contributed by atoms with E-state index in [0.717, 1.165) is 0 Å². The number of carbonyl (C=O) groups is 1. The maximum absolute atomic E-state index is 12.5. The van der Waals surface area contributed by atoms with Crippen LogP contribution in [0, 0.1) is 0 Å². The number of aliphatic hydroxyl groups excluding tert-OH is 1. The SMILES string of the molecule is C=CCOC(=O)C1=C(O)c2ccc3ccccc3c2S(=O)(=O)N1. The molecule has 0 aliphatic carbocycles. The van der Waals surface area contributed by atoms with E-state index in [1.54, 1.807) is 30.3 Å². The largest absolute Gasteiger partial charge is 0.505 e. The summed E-state index contributed by atoms with van der Waals surface area (Å²) in [6.07, 6.45) is 1.34. The van der Waals surface area contributed by atoms with E-state index >= 15 is 0 Å². The molecule has 0 spiro atoms. The highest BCUT2D eigenvalue weighted by Gasteiger charge is 2.34. The normalized spacial score (nSPS) is 15.7. The van der Waals surface area contributed by atoms with E-state index in [0.29, 0.717) is 10.8 Å². The fourth-order valence-electron chi connectivity index (χ4n) is 2.43. The molecular weight excluding hydrogens is 318 g/mol. The third kappa shape index (κ3) is 2.44. The second-order valence-electron chi connectivity index (χ2n) is 4.88. The fourth-order valence-corrected chi connectivity index (χ4v) is 3.91. The maximum Gasteiger partial charge on any atom is 0.359 e. The van der Waals surface area contributed by atoms with Crippen molar-refractivity contribution in [3.8, 4) is 0 Å². The highest BCUT2D eigenvalue weighted by Crippen LogP contribution is 2.34. The summed E-state index contributed by atoms with van der Waals surface area (Å²) in [6, 6.07) is 10.0. The maximum atomic E-state index is 12.5. The van der Waals surface area contributed by atoms with Gasteiger partial charge in [-0.05, 0) is 11.5 Å². The van der Waals surface area contributed by atoms with Crippen LogP contribution in [0.1, 0.15) is 5.56 Å². The van der Waals surface area contributed by atoms with Crippen molar-refractivity contribution in [2.24, 2.45) is 0 Å². The minimum atomic E-state index is -4.02. The van der Waals surface area contributed by atoms with Crippen molar-refractivity contribution in [2.75, 3.05) is 6.61 Å². The summed E-state index contributed by atoms with van der Waals surface area (Å²) >= 11 is 0. The summed E-state index contributed by atoms with van der Waals surface area (Å²) in [5, 5.41) is 11.5. The minimum absolute atomic E-state index is 0.0617. The zero-order valence-corrected chi connectivity index (χ0v) is 12.8. The highest BCUT2D eigenvalue weighted by atomic mass is 32.2. The summed E-state index contributed by atoms with van der Waals surface area (Å²) in [6.45, 7) is 3.31. The second kappa shape index (κ2) is 5.44. The van der Waals surface area contributed by atoms with E-state index < -0.39 is 27.4 Å². The lowest BCUT2D eigenvalue weighted by Crippen LogP contribution is -2.34. The number of aliphatic hydroxyl groups is 1. The van der Waals surface area contributed by atoms with E-state index in [1.165, 1.54) is 12.1 Å². The number of rotatable bonds is 3. The van der Waals surface area contributed by atoms with Gasteiger partial charge in [0.05, 0.1) is 0 Å². The van der Waals surface area contributed by atoms with Crippen LogP contribution in [0.25, 0.3) is 16.5 Å². The van der Waals surface area contributed by atoms with Gasteiger partial charge >= 0.3 is 5.97 Å². The number of sulfonamides is 1. The molecule has 2 aromatic carbocycles. The topological polar surface area (TPSA) is 92.7 Å². The number of fused-ring (bicyclic) bond motifs is 3. The van der Waals surface area contributed by atoms with E-state index in [-0.39, 0.29) is 17.1 Å². The van der Waals surface area contributed by atoms with Gasteiger partial charge in [0, 0.05) is 10.9 Å². The van der Waals surface area contributed by atoms with Gasteiger partial charge in [-0.3, -0.25) is 4.72 Å². The molecule has 1 aliphatic heterocycles. The smallest absolute Gasteiger partial charge is 0.359 e. The summed E-state index contributed by atoms with van der Waals surface area (Å²) in [5.74, 6) is -1.43. The molecule has 0 bridgehead atoms. The van der Waals surface area contributed by atoms with Crippen LogP contribution in [0.3, 0.4) is 0 Å². The van der Waals surface area contributed by atoms with Crippen molar-refractivity contribution in [1.82, 2.24) is 4.72 Å². The van der Waals surface area contributed by atoms with Gasteiger partial charge in [0.25, 0.3) is 10.0 Å². The molecule has 0 unspecified atom stereocenters. The number of ether oxygens (including phenoxy) is 1. The van der Waals surface area contributed by atoms with Gasteiger partial charge in [0.1, 0.15) is 11.5 Å². The number of esters is 1. The summed E-state index contributed by atoms with van der Waals surface area (Å²) in [5.41, 5.74) is -0.442. The van der Waals surface area contributed by atoms with Crippen molar-refractivity contribution in [3.05, 3.63) is 60.3 Å². The number of carbonyl (C=O) groups excluding carboxylic acids is 1. The Morgan fingerprint density at radius 2 is 2.00 bits per heavy atom. The van der Waals surface area contributed by atoms with Gasteiger partial charge in [-0.1, -0.05) is 43.0 Å². The van der Waals surface area contributed by atoms with Crippen LogP contribution in [0.15, 0.2) is 59.6 Å². The van der Waals surface area contributed by atoms with Gasteiger partial charge in [-0.25, -0.2) is 13.2 Å². The molecule has 0 fully saturated rings. The Bertz CT molecular complexity index is 960. The molecule has 2 N–H and O–H groups in total. The fraction of sp³-hybridized carbons (Fsp3) is 0.0625. The zero-order chi connectivity index (χ0) is 16.6. The Hall–Kier alpha value is -2.80. The standard InChI is InChI=1S/C16H13NO5S/c1-2-9-22-16(19)13-14(18)12-8-7-10-5-3-4-6-11(10)15(12)23(20,21)17-13/h2-8,17-18H,1,9H2. The summed E-state index contributed by atoms with van der Waals surface area (Å²) in [4.78, 5) is 11.9. The Morgan fingerprint density at radius 3 is 2.74 bits per heavy atom. The van der Waals surface area contributed by atoms with Crippen molar-refractivity contribution in [1.29, 1.82) is 0 Å². The first-order valence-corrected chi connectivity index (χ1v) is 8.20. The average Bonchev–Trinajstić information content (AvgIpc) is 2.55.